The molecule has 1 unspecified atom stereocenters. The zero-order valence-corrected chi connectivity index (χ0v) is 20.9. The standard InChI is InChI=1S/C24H19BrCl2FN3O3/c1-14(23(32)30-21-5-3-2-4-20(21)28)24(33)31-29-12-15-6-9-22(18(25)10-15)34-13-16-7-8-17(26)11-19(16)27/h2-12,14H,13H2,1H3,(H,30,32)(H,31,33). The highest BCUT2D eigenvalue weighted by Gasteiger charge is 2.22. The van der Waals surface area contributed by atoms with Crippen molar-refractivity contribution in [2.24, 2.45) is 11.0 Å². The molecular formula is C24H19BrCl2FN3O3. The van der Waals surface area contributed by atoms with Gasteiger partial charge in [0.05, 0.1) is 16.4 Å². The lowest BCUT2D eigenvalue weighted by molar-refractivity contribution is -0.131. The van der Waals surface area contributed by atoms with Crippen LogP contribution in [-0.4, -0.2) is 18.0 Å². The quantitative estimate of drug-likeness (QED) is 0.193. The van der Waals surface area contributed by atoms with Gasteiger partial charge in [-0.1, -0.05) is 41.4 Å². The molecule has 0 aliphatic rings. The van der Waals surface area contributed by atoms with E-state index in [1.54, 1.807) is 42.5 Å². The summed E-state index contributed by atoms with van der Waals surface area (Å²) in [4.78, 5) is 24.4. The van der Waals surface area contributed by atoms with Gasteiger partial charge in [0.2, 0.25) is 5.91 Å². The molecule has 3 aromatic carbocycles. The summed E-state index contributed by atoms with van der Waals surface area (Å²) >= 11 is 15.5. The third-order valence-electron chi connectivity index (χ3n) is 4.66. The van der Waals surface area contributed by atoms with Crippen LogP contribution in [0, 0.1) is 11.7 Å². The van der Waals surface area contributed by atoms with Crippen LogP contribution in [0.5, 0.6) is 5.75 Å². The minimum atomic E-state index is -1.08. The number of rotatable bonds is 8. The molecule has 2 N–H and O–H groups in total. The Hall–Kier alpha value is -2.94. The van der Waals surface area contributed by atoms with E-state index < -0.39 is 23.5 Å². The molecule has 0 bridgehead atoms. The number of nitrogens with one attached hydrogen (secondary N) is 2. The van der Waals surface area contributed by atoms with E-state index in [0.29, 0.717) is 25.8 Å². The van der Waals surface area contributed by atoms with E-state index in [-0.39, 0.29) is 12.3 Å². The molecule has 10 heteroatoms. The Bertz CT molecular complexity index is 1240. The Balaban J connectivity index is 1.53. The number of nitrogens with zero attached hydrogens (tertiary/aromatic N) is 1. The summed E-state index contributed by atoms with van der Waals surface area (Å²) in [5.41, 5.74) is 3.77. The first-order valence-corrected chi connectivity index (χ1v) is 11.5. The van der Waals surface area contributed by atoms with E-state index in [0.717, 1.165) is 5.56 Å². The van der Waals surface area contributed by atoms with Gasteiger partial charge in [0, 0.05) is 15.6 Å². The number of halogens is 4. The van der Waals surface area contributed by atoms with Crippen LogP contribution in [-0.2, 0) is 16.2 Å². The summed E-state index contributed by atoms with van der Waals surface area (Å²) in [5.74, 6) is -2.37. The second-order valence-electron chi connectivity index (χ2n) is 7.14. The van der Waals surface area contributed by atoms with Crippen molar-refractivity contribution in [1.29, 1.82) is 0 Å². The van der Waals surface area contributed by atoms with Crippen LogP contribution in [0.2, 0.25) is 10.0 Å². The molecule has 1 atom stereocenters. The van der Waals surface area contributed by atoms with Crippen LogP contribution in [0.4, 0.5) is 10.1 Å². The molecule has 0 heterocycles. The van der Waals surface area contributed by atoms with Crippen molar-refractivity contribution < 1.29 is 18.7 Å². The van der Waals surface area contributed by atoms with Crippen LogP contribution in [0.3, 0.4) is 0 Å². The molecule has 6 nitrogen and oxygen atoms in total. The fourth-order valence-corrected chi connectivity index (χ4v) is 3.67. The zero-order valence-electron chi connectivity index (χ0n) is 17.8. The van der Waals surface area contributed by atoms with Crippen LogP contribution < -0.4 is 15.5 Å². The van der Waals surface area contributed by atoms with Gasteiger partial charge >= 0.3 is 0 Å². The predicted octanol–water partition coefficient (Wildman–Crippen LogP) is 6.20. The Kier molecular flexibility index (Phi) is 9.04. The number of hydrogen-bond donors (Lipinski definition) is 2. The average Bonchev–Trinajstić information content (AvgIpc) is 2.80. The van der Waals surface area contributed by atoms with Crippen molar-refractivity contribution in [1.82, 2.24) is 5.43 Å². The first-order chi connectivity index (χ1) is 16.2. The molecule has 3 aromatic rings. The van der Waals surface area contributed by atoms with Crippen molar-refractivity contribution in [2.75, 3.05) is 5.32 Å². The van der Waals surface area contributed by atoms with Gasteiger partial charge in [-0.3, -0.25) is 9.59 Å². The largest absolute Gasteiger partial charge is 0.488 e. The molecule has 0 aliphatic heterocycles. The molecule has 2 amide bonds. The molecule has 0 radical (unpaired) electrons. The van der Waals surface area contributed by atoms with Crippen molar-refractivity contribution >= 4 is 62.8 Å². The molecule has 0 saturated carbocycles. The van der Waals surface area contributed by atoms with Crippen molar-refractivity contribution in [3.63, 3.8) is 0 Å². The maximum absolute atomic E-state index is 13.7. The van der Waals surface area contributed by atoms with E-state index in [1.165, 1.54) is 31.3 Å². The monoisotopic (exact) mass is 565 g/mol. The second kappa shape index (κ2) is 12.0. The summed E-state index contributed by atoms with van der Waals surface area (Å²) in [7, 11) is 0. The van der Waals surface area contributed by atoms with Crippen LogP contribution >= 0.6 is 39.1 Å². The smallest absolute Gasteiger partial charge is 0.252 e. The number of hydrogen-bond acceptors (Lipinski definition) is 4. The molecule has 0 saturated heterocycles. The zero-order chi connectivity index (χ0) is 24.7. The fraction of sp³-hybridized carbons (Fsp3) is 0.125. The first-order valence-electron chi connectivity index (χ1n) is 9.99. The van der Waals surface area contributed by atoms with Gasteiger partial charge in [0.1, 0.15) is 24.1 Å². The van der Waals surface area contributed by atoms with Crippen molar-refractivity contribution in [3.05, 3.63) is 92.1 Å². The van der Waals surface area contributed by atoms with Gasteiger partial charge in [-0.2, -0.15) is 5.10 Å². The van der Waals surface area contributed by atoms with E-state index in [9.17, 15) is 14.0 Å². The number of benzene rings is 3. The van der Waals surface area contributed by atoms with Gasteiger partial charge in [-0.05, 0) is 70.9 Å². The molecular weight excluding hydrogens is 548 g/mol. The molecule has 0 spiro atoms. The van der Waals surface area contributed by atoms with E-state index >= 15 is 0 Å². The number of hydrazone groups is 1. The minimum Gasteiger partial charge on any atom is -0.488 e. The summed E-state index contributed by atoms with van der Waals surface area (Å²) in [6, 6.07) is 16.1. The highest BCUT2D eigenvalue weighted by Crippen LogP contribution is 2.28. The SMILES string of the molecule is CC(C(=O)NN=Cc1ccc(OCc2ccc(Cl)cc2Cl)c(Br)c1)C(=O)Nc1ccccc1F. The highest BCUT2D eigenvalue weighted by atomic mass is 79.9. The maximum Gasteiger partial charge on any atom is 0.252 e. The highest BCUT2D eigenvalue weighted by molar-refractivity contribution is 9.10. The summed E-state index contributed by atoms with van der Waals surface area (Å²) in [5, 5.41) is 7.33. The molecule has 0 aliphatic carbocycles. The third kappa shape index (κ3) is 7.03. The summed E-state index contributed by atoms with van der Waals surface area (Å²) in [6.07, 6.45) is 1.42. The van der Waals surface area contributed by atoms with Crippen molar-refractivity contribution in [3.8, 4) is 5.75 Å². The Morgan fingerprint density at radius 1 is 1.12 bits per heavy atom. The predicted molar refractivity (Wildman–Crippen MR) is 135 cm³/mol. The van der Waals surface area contributed by atoms with Crippen LogP contribution in [0.25, 0.3) is 0 Å². The number of carbonyl (C=O) groups is 2. The number of amides is 2. The van der Waals surface area contributed by atoms with Gasteiger partial charge in [0.25, 0.3) is 5.91 Å². The summed E-state index contributed by atoms with van der Waals surface area (Å²) in [6.45, 7) is 1.65. The Morgan fingerprint density at radius 2 is 1.88 bits per heavy atom. The van der Waals surface area contributed by atoms with Gasteiger partial charge in [-0.25, -0.2) is 9.82 Å². The van der Waals surface area contributed by atoms with Gasteiger partial charge < -0.3 is 10.1 Å². The molecule has 3 rings (SSSR count). The molecule has 0 aromatic heterocycles. The third-order valence-corrected chi connectivity index (χ3v) is 5.87. The first kappa shape index (κ1) is 25.7. The Labute approximate surface area is 214 Å². The number of ether oxygens (including phenoxy) is 1. The second-order valence-corrected chi connectivity index (χ2v) is 8.84. The Morgan fingerprint density at radius 3 is 2.59 bits per heavy atom. The number of para-hydroxylation sites is 1. The normalized spacial score (nSPS) is 11.8. The fourth-order valence-electron chi connectivity index (χ4n) is 2.70. The molecule has 34 heavy (non-hydrogen) atoms. The molecule has 176 valence electrons. The van der Waals surface area contributed by atoms with Crippen LogP contribution in [0.1, 0.15) is 18.1 Å². The average molecular weight is 567 g/mol. The van der Waals surface area contributed by atoms with E-state index in [1.807, 2.05) is 0 Å². The topological polar surface area (TPSA) is 79.8 Å². The number of carbonyl (C=O) groups excluding carboxylic acids is 2. The van der Waals surface area contributed by atoms with E-state index in [4.69, 9.17) is 27.9 Å². The van der Waals surface area contributed by atoms with Gasteiger partial charge in [0.15, 0.2) is 0 Å². The lowest BCUT2D eigenvalue weighted by Crippen LogP contribution is -2.34. The van der Waals surface area contributed by atoms with Crippen LogP contribution in [0.15, 0.2) is 70.2 Å². The van der Waals surface area contributed by atoms with Gasteiger partial charge in [-0.15, -0.1) is 0 Å². The van der Waals surface area contributed by atoms with Crippen molar-refractivity contribution in [2.45, 2.75) is 13.5 Å². The maximum atomic E-state index is 13.7. The summed E-state index contributed by atoms with van der Waals surface area (Å²) < 4.78 is 20.1. The van der Waals surface area contributed by atoms with E-state index in [2.05, 4.69) is 31.8 Å². The minimum absolute atomic E-state index is 0.00106. The lowest BCUT2D eigenvalue weighted by atomic mass is 10.1. The number of anilines is 1. The lowest BCUT2D eigenvalue weighted by Gasteiger charge is -2.11. The molecule has 0 fully saturated rings.